The number of nitrogens with one attached hydrogen (secondary N) is 1. The lowest BCUT2D eigenvalue weighted by atomic mass is 10.2. The summed E-state index contributed by atoms with van der Waals surface area (Å²) in [5.74, 6) is 1.15. The molecule has 0 aliphatic carbocycles. The molecule has 1 amide bonds. The van der Waals surface area contributed by atoms with E-state index < -0.39 is 5.91 Å². The van der Waals surface area contributed by atoms with Gasteiger partial charge in [-0.05, 0) is 55.3 Å². The molecule has 27 heavy (non-hydrogen) atoms. The Hall–Kier alpha value is -2.90. The van der Waals surface area contributed by atoms with Gasteiger partial charge in [-0.3, -0.25) is 10.0 Å². The lowest BCUT2D eigenvalue weighted by molar-refractivity contribution is -0.129. The molecular formula is C19H18ClN3O4. The Balaban J connectivity index is 1.60. The molecule has 2 N–H and O–H groups in total. The van der Waals surface area contributed by atoms with E-state index in [0.717, 1.165) is 11.1 Å². The molecule has 0 unspecified atom stereocenters. The van der Waals surface area contributed by atoms with E-state index in [1.165, 1.54) is 0 Å². The number of amides is 1. The standard InChI is InChI=1S/C19H18ClN3O4/c20-15-9-7-13(8-10-15)18-21-19(27-23-18)14-4-3-5-16(12-14)26-11-2-1-6-17(24)22-25/h3-5,7-10,12,25H,1-2,6,11H2,(H,22,24). The van der Waals surface area contributed by atoms with E-state index in [1.54, 1.807) is 17.6 Å². The van der Waals surface area contributed by atoms with Gasteiger partial charge >= 0.3 is 0 Å². The first-order valence-electron chi connectivity index (χ1n) is 8.41. The Bertz CT molecular complexity index is 896. The molecule has 7 nitrogen and oxygen atoms in total. The van der Waals surface area contributed by atoms with Gasteiger partial charge in [0.15, 0.2) is 0 Å². The SMILES string of the molecule is O=C(CCCCOc1cccc(-c2nc(-c3ccc(Cl)cc3)no2)c1)NO. The second kappa shape index (κ2) is 9.16. The lowest BCUT2D eigenvalue weighted by Crippen LogP contribution is -2.18. The van der Waals surface area contributed by atoms with E-state index in [-0.39, 0.29) is 6.42 Å². The van der Waals surface area contributed by atoms with Gasteiger partial charge in [-0.1, -0.05) is 22.8 Å². The van der Waals surface area contributed by atoms with Crippen LogP contribution in [-0.2, 0) is 4.79 Å². The van der Waals surface area contributed by atoms with Crippen LogP contribution in [-0.4, -0.2) is 27.9 Å². The van der Waals surface area contributed by atoms with E-state index in [0.29, 0.717) is 41.9 Å². The number of unbranched alkanes of at least 4 members (excludes halogenated alkanes) is 1. The summed E-state index contributed by atoms with van der Waals surface area (Å²) in [4.78, 5) is 15.4. The van der Waals surface area contributed by atoms with E-state index >= 15 is 0 Å². The number of halogens is 1. The van der Waals surface area contributed by atoms with Crippen molar-refractivity contribution < 1.29 is 19.3 Å². The summed E-state index contributed by atoms with van der Waals surface area (Å²) in [6.45, 7) is 0.460. The molecule has 140 valence electrons. The van der Waals surface area contributed by atoms with Crippen molar-refractivity contribution in [2.45, 2.75) is 19.3 Å². The number of hydrogen-bond donors (Lipinski definition) is 2. The van der Waals surface area contributed by atoms with Crippen molar-refractivity contribution in [3.63, 3.8) is 0 Å². The summed E-state index contributed by atoms with van der Waals surface area (Å²) in [6, 6.07) is 14.5. The monoisotopic (exact) mass is 387 g/mol. The fraction of sp³-hybridized carbons (Fsp3) is 0.211. The van der Waals surface area contributed by atoms with Crippen LogP contribution in [0.5, 0.6) is 5.75 Å². The van der Waals surface area contributed by atoms with Gasteiger partial charge in [-0.15, -0.1) is 0 Å². The van der Waals surface area contributed by atoms with Crippen LogP contribution in [0.4, 0.5) is 0 Å². The Morgan fingerprint density at radius 2 is 1.96 bits per heavy atom. The Kier molecular flexibility index (Phi) is 6.40. The van der Waals surface area contributed by atoms with Crippen LogP contribution in [0, 0.1) is 0 Å². The average Bonchev–Trinajstić information content (AvgIpc) is 3.18. The molecule has 3 rings (SSSR count). The maximum atomic E-state index is 10.9. The van der Waals surface area contributed by atoms with Crippen molar-refractivity contribution in [3.8, 4) is 28.6 Å². The normalized spacial score (nSPS) is 10.6. The third-order valence-corrected chi connectivity index (χ3v) is 4.05. The minimum Gasteiger partial charge on any atom is -0.494 e. The number of hydroxylamine groups is 1. The van der Waals surface area contributed by atoms with Crippen molar-refractivity contribution in [2.75, 3.05) is 6.61 Å². The summed E-state index contributed by atoms with van der Waals surface area (Å²) in [5, 5.41) is 13.1. The number of rotatable bonds is 8. The van der Waals surface area contributed by atoms with Crippen molar-refractivity contribution in [3.05, 3.63) is 53.6 Å². The molecule has 0 saturated heterocycles. The molecule has 0 aliphatic heterocycles. The van der Waals surface area contributed by atoms with E-state index in [9.17, 15) is 4.79 Å². The summed E-state index contributed by atoms with van der Waals surface area (Å²) < 4.78 is 11.0. The summed E-state index contributed by atoms with van der Waals surface area (Å²) in [5.41, 5.74) is 3.17. The fourth-order valence-corrected chi connectivity index (χ4v) is 2.54. The molecule has 1 heterocycles. The number of carbonyl (C=O) groups is 1. The van der Waals surface area contributed by atoms with Crippen LogP contribution < -0.4 is 10.2 Å². The van der Waals surface area contributed by atoms with Crippen LogP contribution in [0.1, 0.15) is 19.3 Å². The highest BCUT2D eigenvalue weighted by atomic mass is 35.5. The first-order valence-corrected chi connectivity index (χ1v) is 8.79. The zero-order chi connectivity index (χ0) is 19.1. The number of nitrogens with zero attached hydrogens (tertiary/aromatic N) is 2. The van der Waals surface area contributed by atoms with E-state index in [4.69, 9.17) is 26.1 Å². The molecule has 0 bridgehead atoms. The minimum atomic E-state index is -0.398. The highest BCUT2D eigenvalue weighted by Gasteiger charge is 2.11. The predicted molar refractivity (Wildman–Crippen MR) is 99.5 cm³/mol. The third-order valence-electron chi connectivity index (χ3n) is 3.80. The lowest BCUT2D eigenvalue weighted by Gasteiger charge is -2.06. The van der Waals surface area contributed by atoms with E-state index in [2.05, 4.69) is 10.1 Å². The highest BCUT2D eigenvalue weighted by molar-refractivity contribution is 6.30. The Morgan fingerprint density at radius 1 is 1.15 bits per heavy atom. The highest BCUT2D eigenvalue weighted by Crippen LogP contribution is 2.26. The Labute approximate surface area is 160 Å². The molecule has 1 aromatic heterocycles. The molecule has 0 spiro atoms. The molecular weight excluding hydrogens is 370 g/mol. The maximum Gasteiger partial charge on any atom is 0.258 e. The van der Waals surface area contributed by atoms with Crippen molar-refractivity contribution in [1.82, 2.24) is 15.6 Å². The summed E-state index contributed by atoms with van der Waals surface area (Å²) in [6.07, 6.45) is 1.58. The predicted octanol–water partition coefficient (Wildman–Crippen LogP) is 4.11. The van der Waals surface area contributed by atoms with Gasteiger partial charge in [0.25, 0.3) is 5.89 Å². The molecule has 0 saturated carbocycles. The Morgan fingerprint density at radius 3 is 2.74 bits per heavy atom. The molecule has 0 atom stereocenters. The van der Waals surface area contributed by atoms with Crippen molar-refractivity contribution in [1.29, 1.82) is 0 Å². The second-order valence-electron chi connectivity index (χ2n) is 5.80. The van der Waals surface area contributed by atoms with Gasteiger partial charge in [0.05, 0.1) is 6.61 Å². The zero-order valence-electron chi connectivity index (χ0n) is 14.4. The largest absolute Gasteiger partial charge is 0.494 e. The van der Waals surface area contributed by atoms with Gasteiger partial charge in [-0.2, -0.15) is 4.98 Å². The smallest absolute Gasteiger partial charge is 0.258 e. The number of carbonyl (C=O) groups excluding carboxylic acids is 1. The van der Waals surface area contributed by atoms with E-state index in [1.807, 2.05) is 36.4 Å². The average molecular weight is 388 g/mol. The minimum absolute atomic E-state index is 0.259. The van der Waals surface area contributed by atoms with Crippen LogP contribution in [0.2, 0.25) is 5.02 Å². The molecule has 0 aliphatic rings. The van der Waals surface area contributed by atoms with Crippen LogP contribution in [0.25, 0.3) is 22.8 Å². The molecule has 0 radical (unpaired) electrons. The van der Waals surface area contributed by atoms with Crippen molar-refractivity contribution >= 4 is 17.5 Å². The van der Waals surface area contributed by atoms with Gasteiger partial charge in [0.2, 0.25) is 11.7 Å². The van der Waals surface area contributed by atoms with Crippen LogP contribution in [0.15, 0.2) is 53.1 Å². The van der Waals surface area contributed by atoms with Gasteiger partial charge in [0, 0.05) is 22.6 Å². The maximum absolute atomic E-state index is 10.9. The van der Waals surface area contributed by atoms with Gasteiger partial charge in [0.1, 0.15) is 5.75 Å². The fourth-order valence-electron chi connectivity index (χ4n) is 2.41. The van der Waals surface area contributed by atoms with Crippen LogP contribution in [0.3, 0.4) is 0 Å². The number of hydrogen-bond acceptors (Lipinski definition) is 6. The second-order valence-corrected chi connectivity index (χ2v) is 6.23. The quantitative estimate of drug-likeness (QED) is 0.343. The molecule has 3 aromatic rings. The summed E-state index contributed by atoms with van der Waals surface area (Å²) >= 11 is 5.89. The first-order chi connectivity index (χ1) is 13.2. The van der Waals surface area contributed by atoms with Crippen molar-refractivity contribution in [2.24, 2.45) is 0 Å². The number of benzene rings is 2. The summed E-state index contributed by atoms with van der Waals surface area (Å²) in [7, 11) is 0. The molecule has 8 heteroatoms. The topological polar surface area (TPSA) is 97.5 Å². The number of ether oxygens (including phenoxy) is 1. The number of aromatic nitrogens is 2. The molecule has 2 aromatic carbocycles. The van der Waals surface area contributed by atoms with Gasteiger partial charge in [-0.25, -0.2) is 5.48 Å². The zero-order valence-corrected chi connectivity index (χ0v) is 15.1. The third kappa shape index (κ3) is 5.29. The first kappa shape index (κ1) is 18.9. The van der Waals surface area contributed by atoms with Crippen LogP contribution >= 0.6 is 11.6 Å². The molecule has 0 fully saturated rings. The van der Waals surface area contributed by atoms with Gasteiger partial charge < -0.3 is 9.26 Å².